The molecular weight excluding hydrogens is 326 g/mol. The molecule has 2 N–H and O–H groups in total. The van der Waals surface area contributed by atoms with E-state index in [0.29, 0.717) is 12.4 Å². The van der Waals surface area contributed by atoms with Gasteiger partial charge in [-0.05, 0) is 57.4 Å². The number of amides is 1. The molecule has 5 heteroatoms. The van der Waals surface area contributed by atoms with Gasteiger partial charge in [-0.1, -0.05) is 24.3 Å². The Hall–Kier alpha value is -2.40. The minimum absolute atomic E-state index is 0.0755. The molecular formula is C21H27N3O2. The van der Waals surface area contributed by atoms with Crippen LogP contribution in [0.3, 0.4) is 0 Å². The van der Waals surface area contributed by atoms with E-state index in [1.54, 1.807) is 6.20 Å². The van der Waals surface area contributed by atoms with Crippen molar-refractivity contribution in [1.82, 2.24) is 15.6 Å². The molecule has 26 heavy (non-hydrogen) atoms. The number of aryl methyl sites for hydroxylation is 2. The van der Waals surface area contributed by atoms with Crippen molar-refractivity contribution in [3.05, 3.63) is 53.2 Å². The average molecular weight is 353 g/mol. The molecule has 5 nitrogen and oxygen atoms in total. The van der Waals surface area contributed by atoms with Gasteiger partial charge in [-0.15, -0.1) is 0 Å². The topological polar surface area (TPSA) is 63.2 Å². The molecule has 0 saturated carbocycles. The number of hydrogen-bond acceptors (Lipinski definition) is 4. The third-order valence-electron chi connectivity index (χ3n) is 5.04. The van der Waals surface area contributed by atoms with Gasteiger partial charge in [0.15, 0.2) is 0 Å². The minimum Gasteiger partial charge on any atom is -0.438 e. The Kier molecular flexibility index (Phi) is 5.57. The van der Waals surface area contributed by atoms with Crippen LogP contribution in [0, 0.1) is 19.3 Å². The third kappa shape index (κ3) is 4.05. The van der Waals surface area contributed by atoms with E-state index in [2.05, 4.69) is 15.6 Å². The molecule has 0 bridgehead atoms. The lowest BCUT2D eigenvalue weighted by Gasteiger charge is -2.32. The number of para-hydroxylation sites is 1. The highest BCUT2D eigenvalue weighted by atomic mass is 16.5. The average Bonchev–Trinajstić information content (AvgIpc) is 2.64. The summed E-state index contributed by atoms with van der Waals surface area (Å²) < 4.78 is 6.10. The zero-order chi connectivity index (χ0) is 18.6. The first-order chi connectivity index (χ1) is 12.5. The van der Waals surface area contributed by atoms with Crippen molar-refractivity contribution < 1.29 is 9.53 Å². The van der Waals surface area contributed by atoms with E-state index in [1.807, 2.05) is 51.1 Å². The highest BCUT2D eigenvalue weighted by molar-refractivity contribution is 5.82. The summed E-state index contributed by atoms with van der Waals surface area (Å²) in [5, 5.41) is 6.38. The maximum Gasteiger partial charge on any atom is 0.227 e. The van der Waals surface area contributed by atoms with Crippen LogP contribution in [0.15, 0.2) is 36.5 Å². The quantitative estimate of drug-likeness (QED) is 0.864. The van der Waals surface area contributed by atoms with Crippen LogP contribution in [0.25, 0.3) is 0 Å². The van der Waals surface area contributed by atoms with Gasteiger partial charge < -0.3 is 15.4 Å². The molecule has 1 aromatic carbocycles. The monoisotopic (exact) mass is 353 g/mol. The number of pyridine rings is 1. The van der Waals surface area contributed by atoms with Crippen LogP contribution in [0.1, 0.15) is 36.5 Å². The maximum absolute atomic E-state index is 12.7. The number of nitrogens with zero attached hydrogens (tertiary/aromatic N) is 1. The molecule has 1 aliphatic rings. The number of carbonyl (C=O) groups excluding carboxylic acids is 1. The molecule has 0 unspecified atom stereocenters. The highest BCUT2D eigenvalue weighted by Gasteiger charge is 2.34. The second-order valence-electron chi connectivity index (χ2n) is 7.31. The molecule has 2 heterocycles. The van der Waals surface area contributed by atoms with Crippen molar-refractivity contribution >= 4 is 5.91 Å². The molecule has 1 aliphatic heterocycles. The Morgan fingerprint density at radius 3 is 2.73 bits per heavy atom. The number of aromatic nitrogens is 1. The zero-order valence-corrected chi connectivity index (χ0v) is 15.8. The number of piperidine rings is 1. The zero-order valence-electron chi connectivity index (χ0n) is 15.8. The van der Waals surface area contributed by atoms with Gasteiger partial charge in [-0.2, -0.15) is 0 Å². The van der Waals surface area contributed by atoms with Crippen LogP contribution in [0.2, 0.25) is 0 Å². The summed E-state index contributed by atoms with van der Waals surface area (Å²) in [4.78, 5) is 17.0. The van der Waals surface area contributed by atoms with Crippen LogP contribution in [0.4, 0.5) is 0 Å². The first-order valence-electron chi connectivity index (χ1n) is 9.16. The standard InChI is InChI=1S/C21H27N3O2/c1-15-7-4-8-16(2)18(15)26-19-17(9-5-12-23-19)13-24-20(25)21(3)10-6-11-22-14-21/h4-5,7-9,12,22H,6,10-11,13-14H2,1-3H3,(H,24,25)/t21-/m1/s1. The predicted octanol–water partition coefficient (Wildman–Crippen LogP) is 3.50. The van der Waals surface area contributed by atoms with Gasteiger partial charge in [-0.3, -0.25) is 4.79 Å². The smallest absolute Gasteiger partial charge is 0.227 e. The van der Waals surface area contributed by atoms with E-state index in [1.165, 1.54) is 0 Å². The lowest BCUT2D eigenvalue weighted by molar-refractivity contribution is -0.131. The molecule has 1 saturated heterocycles. The molecule has 1 fully saturated rings. The third-order valence-corrected chi connectivity index (χ3v) is 5.04. The Morgan fingerprint density at radius 2 is 2.04 bits per heavy atom. The Labute approximate surface area is 155 Å². The lowest BCUT2D eigenvalue weighted by Crippen LogP contribution is -2.48. The summed E-state index contributed by atoms with van der Waals surface area (Å²) in [7, 11) is 0. The first kappa shape index (κ1) is 18.4. The number of nitrogens with one attached hydrogen (secondary N) is 2. The molecule has 1 atom stereocenters. The van der Waals surface area contributed by atoms with Gasteiger partial charge in [0.2, 0.25) is 11.8 Å². The normalized spacial score (nSPS) is 19.8. The van der Waals surface area contributed by atoms with Gasteiger partial charge in [0.1, 0.15) is 5.75 Å². The van der Waals surface area contributed by atoms with Gasteiger partial charge in [-0.25, -0.2) is 4.98 Å². The molecule has 1 amide bonds. The summed E-state index contributed by atoms with van der Waals surface area (Å²) in [5.41, 5.74) is 2.64. The van der Waals surface area contributed by atoms with Crippen molar-refractivity contribution in [3.8, 4) is 11.6 Å². The van der Waals surface area contributed by atoms with E-state index >= 15 is 0 Å². The van der Waals surface area contributed by atoms with Crippen molar-refractivity contribution in [1.29, 1.82) is 0 Å². The second kappa shape index (κ2) is 7.87. The fourth-order valence-corrected chi connectivity index (χ4v) is 3.35. The largest absolute Gasteiger partial charge is 0.438 e. The fraction of sp³-hybridized carbons (Fsp3) is 0.429. The predicted molar refractivity (Wildman–Crippen MR) is 102 cm³/mol. The molecule has 0 radical (unpaired) electrons. The molecule has 1 aromatic heterocycles. The summed E-state index contributed by atoms with van der Waals surface area (Å²) in [6.07, 6.45) is 3.64. The fourth-order valence-electron chi connectivity index (χ4n) is 3.35. The maximum atomic E-state index is 12.7. The number of carbonyl (C=O) groups is 1. The number of rotatable bonds is 5. The van der Waals surface area contributed by atoms with Crippen LogP contribution in [-0.2, 0) is 11.3 Å². The van der Waals surface area contributed by atoms with Gasteiger partial charge in [0.25, 0.3) is 0 Å². The lowest BCUT2D eigenvalue weighted by atomic mass is 9.82. The molecule has 3 rings (SSSR count). The molecule has 0 spiro atoms. The molecule has 0 aliphatic carbocycles. The summed E-state index contributed by atoms with van der Waals surface area (Å²) in [6, 6.07) is 9.85. The number of hydrogen-bond donors (Lipinski definition) is 2. The Morgan fingerprint density at radius 1 is 1.27 bits per heavy atom. The SMILES string of the molecule is Cc1cccc(C)c1Oc1ncccc1CNC(=O)[C@]1(C)CCCNC1. The van der Waals surface area contributed by atoms with Crippen molar-refractivity contribution in [2.24, 2.45) is 5.41 Å². The summed E-state index contributed by atoms with van der Waals surface area (Å²) in [6.45, 7) is 8.17. The van der Waals surface area contributed by atoms with Gasteiger partial charge in [0, 0.05) is 24.8 Å². The van der Waals surface area contributed by atoms with Gasteiger partial charge in [0.05, 0.1) is 5.41 Å². The van der Waals surface area contributed by atoms with Crippen molar-refractivity contribution in [3.63, 3.8) is 0 Å². The first-order valence-corrected chi connectivity index (χ1v) is 9.16. The van der Waals surface area contributed by atoms with E-state index < -0.39 is 0 Å². The van der Waals surface area contributed by atoms with Crippen LogP contribution >= 0.6 is 0 Å². The van der Waals surface area contributed by atoms with E-state index in [-0.39, 0.29) is 11.3 Å². The Balaban J connectivity index is 1.72. The summed E-state index contributed by atoms with van der Waals surface area (Å²) >= 11 is 0. The minimum atomic E-state index is -0.353. The van der Waals surface area contributed by atoms with Crippen LogP contribution < -0.4 is 15.4 Å². The highest BCUT2D eigenvalue weighted by Crippen LogP contribution is 2.30. The van der Waals surface area contributed by atoms with Crippen molar-refractivity contribution in [2.75, 3.05) is 13.1 Å². The van der Waals surface area contributed by atoms with E-state index in [9.17, 15) is 4.79 Å². The number of benzene rings is 1. The van der Waals surface area contributed by atoms with E-state index in [0.717, 1.165) is 48.4 Å². The van der Waals surface area contributed by atoms with Crippen LogP contribution in [0.5, 0.6) is 11.6 Å². The second-order valence-corrected chi connectivity index (χ2v) is 7.31. The molecule has 138 valence electrons. The number of ether oxygens (including phenoxy) is 1. The Bertz CT molecular complexity index is 762. The molecule has 2 aromatic rings. The summed E-state index contributed by atoms with van der Waals surface area (Å²) in [5.74, 6) is 1.44. The van der Waals surface area contributed by atoms with Crippen molar-refractivity contribution in [2.45, 2.75) is 40.2 Å². The van der Waals surface area contributed by atoms with Crippen LogP contribution in [-0.4, -0.2) is 24.0 Å². The van der Waals surface area contributed by atoms with Gasteiger partial charge >= 0.3 is 0 Å². The van der Waals surface area contributed by atoms with E-state index in [4.69, 9.17) is 4.74 Å².